The smallest absolute Gasteiger partial charge is 0.387 e. The van der Waals surface area contributed by atoms with Crippen LogP contribution in [0.1, 0.15) is 24.2 Å². The van der Waals surface area contributed by atoms with E-state index in [-0.39, 0.29) is 42.1 Å². The quantitative estimate of drug-likeness (QED) is 0.590. The van der Waals surface area contributed by atoms with Crippen LogP contribution < -0.4 is 25.4 Å². The van der Waals surface area contributed by atoms with E-state index in [1.165, 1.54) is 19.2 Å². The number of hydrogen-bond donors (Lipinski definition) is 3. The molecule has 0 aromatic heterocycles. The third kappa shape index (κ3) is 7.32. The molecule has 0 fully saturated rings. The van der Waals surface area contributed by atoms with Crippen molar-refractivity contribution in [2.75, 3.05) is 20.2 Å². The van der Waals surface area contributed by atoms with E-state index < -0.39 is 18.4 Å². The number of carbonyl (C=O) groups is 3. The van der Waals surface area contributed by atoms with Crippen molar-refractivity contribution < 1.29 is 32.6 Å². The van der Waals surface area contributed by atoms with Gasteiger partial charge in [0.15, 0.2) is 11.5 Å². The van der Waals surface area contributed by atoms with Gasteiger partial charge >= 0.3 is 6.61 Å². The van der Waals surface area contributed by atoms with E-state index in [9.17, 15) is 23.2 Å². The van der Waals surface area contributed by atoms with Crippen LogP contribution in [-0.2, 0) is 9.59 Å². The van der Waals surface area contributed by atoms with Gasteiger partial charge in [0.2, 0.25) is 11.8 Å². The number of rotatable bonds is 9. The van der Waals surface area contributed by atoms with Gasteiger partial charge in [-0.1, -0.05) is 0 Å². The van der Waals surface area contributed by atoms with Crippen LogP contribution in [0.5, 0.6) is 11.5 Å². The van der Waals surface area contributed by atoms with Gasteiger partial charge in [0.25, 0.3) is 5.91 Å². The lowest BCUT2D eigenvalue weighted by Crippen LogP contribution is -2.43. The third-order valence-corrected chi connectivity index (χ3v) is 2.95. The third-order valence-electron chi connectivity index (χ3n) is 2.95. The molecule has 0 unspecified atom stereocenters. The van der Waals surface area contributed by atoms with Crippen LogP contribution in [0.15, 0.2) is 18.2 Å². The molecule has 0 heterocycles. The van der Waals surface area contributed by atoms with Crippen molar-refractivity contribution in [3.63, 3.8) is 0 Å². The van der Waals surface area contributed by atoms with Crippen molar-refractivity contribution >= 4 is 17.7 Å². The molecule has 10 heteroatoms. The van der Waals surface area contributed by atoms with E-state index in [1.54, 1.807) is 13.8 Å². The molecule has 1 rings (SSSR count). The molecule has 1 aromatic rings. The molecule has 0 atom stereocenters. The molecule has 0 spiro atoms. The summed E-state index contributed by atoms with van der Waals surface area (Å²) in [6.45, 7) is -0.0242. The largest absolute Gasteiger partial charge is 0.493 e. The van der Waals surface area contributed by atoms with E-state index in [4.69, 9.17) is 4.74 Å². The first kappa shape index (κ1) is 21.1. The van der Waals surface area contributed by atoms with E-state index in [2.05, 4.69) is 20.7 Å². The highest BCUT2D eigenvalue weighted by Crippen LogP contribution is 2.29. The number of carbonyl (C=O) groups excluding carboxylic acids is 3. The first-order chi connectivity index (χ1) is 12.2. The van der Waals surface area contributed by atoms with Crippen LogP contribution in [0, 0.1) is 0 Å². The number of benzene rings is 1. The number of nitrogens with one attached hydrogen (secondary N) is 3. The number of amides is 3. The Morgan fingerprint density at radius 3 is 2.27 bits per heavy atom. The lowest BCUT2D eigenvalue weighted by Gasteiger charge is -2.12. The summed E-state index contributed by atoms with van der Waals surface area (Å²) < 4.78 is 33.7. The Balaban J connectivity index is 2.54. The summed E-state index contributed by atoms with van der Waals surface area (Å²) in [5.41, 5.74) is 0.0915. The standard InChI is InChI=1S/C16H21F2N3O5/c1-9(2)21-14(23)8-19-13(22)7-20-15(24)10-4-5-11(26-16(17)18)12(6-10)25-3/h4-6,9,16H,7-8H2,1-3H3,(H,19,22)(H,20,24)(H,21,23). The average molecular weight is 373 g/mol. The molecule has 0 radical (unpaired) electrons. The minimum Gasteiger partial charge on any atom is -0.493 e. The zero-order valence-corrected chi connectivity index (χ0v) is 14.6. The summed E-state index contributed by atoms with van der Waals surface area (Å²) in [6.07, 6.45) is 0. The average Bonchev–Trinajstić information content (AvgIpc) is 2.57. The van der Waals surface area contributed by atoms with Crippen LogP contribution in [0.3, 0.4) is 0 Å². The maximum absolute atomic E-state index is 12.3. The van der Waals surface area contributed by atoms with Gasteiger partial charge in [-0.25, -0.2) is 0 Å². The van der Waals surface area contributed by atoms with Gasteiger partial charge in [-0.3, -0.25) is 14.4 Å². The molecule has 3 amide bonds. The van der Waals surface area contributed by atoms with Gasteiger partial charge in [0.1, 0.15) is 0 Å². The Kier molecular flexibility index (Phi) is 8.26. The summed E-state index contributed by atoms with van der Waals surface area (Å²) in [7, 11) is 1.24. The van der Waals surface area contributed by atoms with Crippen LogP contribution >= 0.6 is 0 Å². The van der Waals surface area contributed by atoms with Gasteiger partial charge in [-0.05, 0) is 32.0 Å². The van der Waals surface area contributed by atoms with Crippen LogP contribution in [0.2, 0.25) is 0 Å². The first-order valence-electron chi connectivity index (χ1n) is 7.70. The molecule has 1 aromatic carbocycles. The van der Waals surface area contributed by atoms with E-state index >= 15 is 0 Å². The Morgan fingerprint density at radius 2 is 1.69 bits per heavy atom. The van der Waals surface area contributed by atoms with Crippen molar-refractivity contribution in [2.24, 2.45) is 0 Å². The molecule has 144 valence electrons. The van der Waals surface area contributed by atoms with E-state index in [1.807, 2.05) is 0 Å². The maximum Gasteiger partial charge on any atom is 0.387 e. The van der Waals surface area contributed by atoms with Gasteiger partial charge in [-0.15, -0.1) is 0 Å². The number of hydrogen-bond acceptors (Lipinski definition) is 5. The molecule has 3 N–H and O–H groups in total. The number of alkyl halides is 2. The fraction of sp³-hybridized carbons (Fsp3) is 0.438. The highest BCUT2D eigenvalue weighted by Gasteiger charge is 2.15. The summed E-state index contributed by atoms with van der Waals surface area (Å²) in [5.74, 6) is -1.78. The monoisotopic (exact) mass is 373 g/mol. The van der Waals surface area contributed by atoms with Crippen molar-refractivity contribution in [2.45, 2.75) is 26.5 Å². The first-order valence-corrected chi connectivity index (χ1v) is 7.70. The lowest BCUT2D eigenvalue weighted by atomic mass is 10.2. The Labute approximate surface area is 149 Å². The summed E-state index contributed by atoms with van der Waals surface area (Å²) in [5, 5.41) is 7.30. The molecule has 0 aliphatic rings. The van der Waals surface area contributed by atoms with Gasteiger partial charge in [0, 0.05) is 11.6 Å². The van der Waals surface area contributed by atoms with Crippen LogP contribution in [0.25, 0.3) is 0 Å². The molecule has 0 bridgehead atoms. The van der Waals surface area contributed by atoms with Crippen LogP contribution in [-0.4, -0.2) is 50.6 Å². The highest BCUT2D eigenvalue weighted by atomic mass is 19.3. The summed E-state index contributed by atoms with van der Waals surface area (Å²) >= 11 is 0. The van der Waals surface area contributed by atoms with Crippen molar-refractivity contribution in [1.82, 2.24) is 16.0 Å². The summed E-state index contributed by atoms with van der Waals surface area (Å²) in [4.78, 5) is 35.1. The zero-order valence-electron chi connectivity index (χ0n) is 14.6. The molecule has 0 aliphatic heterocycles. The van der Waals surface area contributed by atoms with Crippen LogP contribution in [0.4, 0.5) is 8.78 Å². The Hall–Kier alpha value is -2.91. The molecule has 0 saturated carbocycles. The highest BCUT2D eigenvalue weighted by molar-refractivity contribution is 5.97. The predicted octanol–water partition coefficient (Wildman–Crippen LogP) is 0.667. The normalized spacial score (nSPS) is 10.4. The summed E-state index contributed by atoms with van der Waals surface area (Å²) in [6, 6.07) is 3.58. The van der Waals surface area contributed by atoms with Gasteiger partial charge in [-0.2, -0.15) is 8.78 Å². The Morgan fingerprint density at radius 1 is 1.04 bits per heavy atom. The predicted molar refractivity (Wildman–Crippen MR) is 88.2 cm³/mol. The van der Waals surface area contributed by atoms with E-state index in [0.29, 0.717) is 0 Å². The topological polar surface area (TPSA) is 106 Å². The molecule has 0 saturated heterocycles. The van der Waals surface area contributed by atoms with E-state index in [0.717, 1.165) is 6.07 Å². The minimum atomic E-state index is -3.03. The van der Waals surface area contributed by atoms with Gasteiger partial charge < -0.3 is 25.4 Å². The van der Waals surface area contributed by atoms with Gasteiger partial charge in [0.05, 0.1) is 20.2 Å². The number of methoxy groups -OCH3 is 1. The maximum atomic E-state index is 12.3. The Bertz CT molecular complexity index is 653. The second-order valence-electron chi connectivity index (χ2n) is 5.43. The fourth-order valence-electron chi connectivity index (χ4n) is 1.88. The molecule has 0 aliphatic carbocycles. The SMILES string of the molecule is COc1cc(C(=O)NCC(=O)NCC(=O)NC(C)C)ccc1OC(F)F. The molecular weight excluding hydrogens is 352 g/mol. The molecule has 26 heavy (non-hydrogen) atoms. The second-order valence-corrected chi connectivity index (χ2v) is 5.43. The molecule has 8 nitrogen and oxygen atoms in total. The number of ether oxygens (including phenoxy) is 2. The lowest BCUT2D eigenvalue weighted by molar-refractivity contribution is -0.125. The fourth-order valence-corrected chi connectivity index (χ4v) is 1.88. The van der Waals surface area contributed by atoms with Crippen molar-refractivity contribution in [3.05, 3.63) is 23.8 Å². The van der Waals surface area contributed by atoms with Crippen molar-refractivity contribution in [1.29, 1.82) is 0 Å². The molecular formula is C16H21F2N3O5. The second kappa shape index (κ2) is 10.2. The zero-order chi connectivity index (χ0) is 19.7. The van der Waals surface area contributed by atoms with Crippen molar-refractivity contribution in [3.8, 4) is 11.5 Å². The number of halogens is 2. The minimum absolute atomic E-state index is 0.0484.